The Morgan fingerprint density at radius 3 is 2.83 bits per heavy atom. The van der Waals surface area contributed by atoms with Crippen molar-refractivity contribution in [2.45, 2.75) is 32.7 Å². The van der Waals surface area contributed by atoms with Crippen molar-refractivity contribution in [3.63, 3.8) is 0 Å². The first-order valence-corrected chi connectivity index (χ1v) is 8.65. The third kappa shape index (κ3) is 3.33. The van der Waals surface area contributed by atoms with Gasteiger partial charge in [-0.25, -0.2) is 9.97 Å². The number of pyridine rings is 1. The fraction of sp³-hybridized carbons (Fsp3) is 0.353. The first-order valence-electron chi connectivity index (χ1n) is 7.83. The van der Waals surface area contributed by atoms with E-state index in [1.807, 2.05) is 19.1 Å². The third-order valence-corrected chi connectivity index (χ3v) is 4.94. The predicted octanol–water partition coefficient (Wildman–Crippen LogP) is 3.50. The molecule has 0 saturated carbocycles. The summed E-state index contributed by atoms with van der Waals surface area (Å²) in [7, 11) is 0. The molecule has 0 aliphatic rings. The molecule has 3 rings (SSSR count). The summed E-state index contributed by atoms with van der Waals surface area (Å²) in [6, 6.07) is 5.96. The Balaban J connectivity index is 2.12. The Hall–Kier alpha value is -2.05. The molecule has 6 heteroatoms. The summed E-state index contributed by atoms with van der Waals surface area (Å²) in [5, 5.41) is 13.9. The van der Waals surface area contributed by atoms with Crippen molar-refractivity contribution in [1.29, 1.82) is 0 Å². The fourth-order valence-electron chi connectivity index (χ4n) is 2.35. The molecule has 0 amide bonds. The van der Waals surface area contributed by atoms with Crippen LogP contribution < -0.4 is 5.32 Å². The first kappa shape index (κ1) is 15.8. The number of aliphatic hydroxyl groups is 1. The van der Waals surface area contributed by atoms with Gasteiger partial charge in [-0.15, -0.1) is 11.3 Å². The summed E-state index contributed by atoms with van der Waals surface area (Å²) in [5.41, 5.74) is 0.890. The molecule has 3 aromatic heterocycles. The van der Waals surface area contributed by atoms with Gasteiger partial charge in [0, 0.05) is 22.8 Å². The van der Waals surface area contributed by atoms with Crippen molar-refractivity contribution >= 4 is 27.4 Å². The minimum atomic E-state index is -0.0141. The summed E-state index contributed by atoms with van der Waals surface area (Å²) < 4.78 is 0. The van der Waals surface area contributed by atoms with Crippen molar-refractivity contribution in [3.05, 3.63) is 35.5 Å². The first-order chi connectivity index (χ1) is 11.2. The SMILES string of the molecule is CCc1cc2c(NC(CC)CO)nc(-c3cccnc3)nc2s1. The van der Waals surface area contributed by atoms with Crippen molar-refractivity contribution < 1.29 is 5.11 Å². The summed E-state index contributed by atoms with van der Waals surface area (Å²) in [5.74, 6) is 1.44. The summed E-state index contributed by atoms with van der Waals surface area (Å²) in [4.78, 5) is 15.8. The van der Waals surface area contributed by atoms with Crippen molar-refractivity contribution in [1.82, 2.24) is 15.0 Å². The van der Waals surface area contributed by atoms with Gasteiger partial charge in [-0.1, -0.05) is 13.8 Å². The number of hydrogen-bond donors (Lipinski definition) is 2. The van der Waals surface area contributed by atoms with E-state index < -0.39 is 0 Å². The molecule has 0 saturated heterocycles. The second kappa shape index (κ2) is 7.02. The van der Waals surface area contributed by atoms with E-state index in [1.54, 1.807) is 23.7 Å². The quantitative estimate of drug-likeness (QED) is 0.725. The molecule has 120 valence electrons. The summed E-state index contributed by atoms with van der Waals surface area (Å²) in [6.07, 6.45) is 5.30. The molecule has 0 fully saturated rings. The van der Waals surface area contributed by atoms with Gasteiger partial charge in [0.2, 0.25) is 0 Å². The lowest BCUT2D eigenvalue weighted by atomic mass is 10.2. The molecule has 1 atom stereocenters. The van der Waals surface area contributed by atoms with E-state index >= 15 is 0 Å². The van der Waals surface area contributed by atoms with E-state index in [1.165, 1.54) is 4.88 Å². The van der Waals surface area contributed by atoms with Gasteiger partial charge in [0.05, 0.1) is 18.0 Å². The molecule has 0 radical (unpaired) electrons. The predicted molar refractivity (Wildman–Crippen MR) is 94.8 cm³/mol. The standard InChI is InChI=1S/C17H20N4OS/c1-3-12(10-22)19-16-14-8-13(4-2)23-17(14)21-15(20-16)11-6-5-7-18-9-11/h5-9,12,22H,3-4,10H2,1-2H3,(H,19,20,21). The lowest BCUT2D eigenvalue weighted by Gasteiger charge is -2.16. The lowest BCUT2D eigenvalue weighted by molar-refractivity contribution is 0.271. The maximum atomic E-state index is 9.48. The zero-order chi connectivity index (χ0) is 16.2. The molecule has 0 aromatic carbocycles. The van der Waals surface area contributed by atoms with Gasteiger partial charge in [-0.3, -0.25) is 4.98 Å². The Labute approximate surface area is 139 Å². The van der Waals surface area contributed by atoms with Gasteiger partial charge in [0.15, 0.2) is 5.82 Å². The lowest BCUT2D eigenvalue weighted by Crippen LogP contribution is -2.23. The van der Waals surface area contributed by atoms with Crippen LogP contribution in [-0.4, -0.2) is 32.7 Å². The Morgan fingerprint density at radius 1 is 1.30 bits per heavy atom. The van der Waals surface area contributed by atoms with Gasteiger partial charge < -0.3 is 10.4 Å². The number of hydrogen-bond acceptors (Lipinski definition) is 6. The molecule has 0 bridgehead atoms. The number of aliphatic hydroxyl groups excluding tert-OH is 1. The van der Waals surface area contributed by atoms with E-state index in [4.69, 9.17) is 4.98 Å². The highest BCUT2D eigenvalue weighted by Crippen LogP contribution is 2.32. The van der Waals surface area contributed by atoms with Gasteiger partial charge in [0.1, 0.15) is 10.6 Å². The number of nitrogens with zero attached hydrogens (tertiary/aromatic N) is 3. The van der Waals surface area contributed by atoms with E-state index in [-0.39, 0.29) is 12.6 Å². The zero-order valence-electron chi connectivity index (χ0n) is 13.3. The summed E-state index contributed by atoms with van der Waals surface area (Å²) >= 11 is 1.69. The number of anilines is 1. The zero-order valence-corrected chi connectivity index (χ0v) is 14.1. The third-order valence-electron chi connectivity index (χ3n) is 3.77. The highest BCUT2D eigenvalue weighted by atomic mass is 32.1. The second-order valence-corrected chi connectivity index (χ2v) is 6.47. The van der Waals surface area contributed by atoms with Crippen LogP contribution in [0.5, 0.6) is 0 Å². The molecule has 23 heavy (non-hydrogen) atoms. The minimum Gasteiger partial charge on any atom is -0.394 e. The molecular formula is C17H20N4OS. The number of rotatable bonds is 6. The molecule has 3 heterocycles. The smallest absolute Gasteiger partial charge is 0.164 e. The van der Waals surface area contributed by atoms with Crippen LogP contribution in [0.15, 0.2) is 30.6 Å². The molecule has 0 spiro atoms. The van der Waals surface area contributed by atoms with Crippen LogP contribution in [0.3, 0.4) is 0 Å². The maximum Gasteiger partial charge on any atom is 0.164 e. The average Bonchev–Trinajstić information content (AvgIpc) is 3.03. The largest absolute Gasteiger partial charge is 0.394 e. The van der Waals surface area contributed by atoms with E-state index in [2.05, 4.69) is 28.3 Å². The van der Waals surface area contributed by atoms with Crippen LogP contribution in [0.2, 0.25) is 0 Å². The number of fused-ring (bicyclic) bond motifs is 1. The van der Waals surface area contributed by atoms with Crippen molar-refractivity contribution in [2.75, 3.05) is 11.9 Å². The van der Waals surface area contributed by atoms with Crippen LogP contribution in [0, 0.1) is 0 Å². The summed E-state index contributed by atoms with van der Waals surface area (Å²) in [6.45, 7) is 4.25. The van der Waals surface area contributed by atoms with Crippen LogP contribution in [0.4, 0.5) is 5.82 Å². The molecule has 1 unspecified atom stereocenters. The Kier molecular flexibility index (Phi) is 4.83. The Morgan fingerprint density at radius 2 is 2.17 bits per heavy atom. The van der Waals surface area contributed by atoms with Crippen molar-refractivity contribution in [2.24, 2.45) is 0 Å². The average molecular weight is 328 g/mol. The van der Waals surface area contributed by atoms with Crippen LogP contribution >= 0.6 is 11.3 Å². The number of nitrogens with one attached hydrogen (secondary N) is 1. The number of aromatic nitrogens is 3. The Bertz CT molecular complexity index is 784. The molecule has 5 nitrogen and oxygen atoms in total. The van der Waals surface area contributed by atoms with Gasteiger partial charge in [-0.05, 0) is 31.0 Å². The van der Waals surface area contributed by atoms with Crippen LogP contribution in [-0.2, 0) is 6.42 Å². The van der Waals surface area contributed by atoms with E-state index in [0.29, 0.717) is 5.82 Å². The second-order valence-electron chi connectivity index (χ2n) is 5.35. The normalized spacial score (nSPS) is 12.5. The van der Waals surface area contributed by atoms with Gasteiger partial charge >= 0.3 is 0 Å². The van der Waals surface area contributed by atoms with Gasteiger partial charge in [0.25, 0.3) is 0 Å². The molecule has 0 aliphatic heterocycles. The maximum absolute atomic E-state index is 9.48. The fourth-order valence-corrected chi connectivity index (χ4v) is 3.32. The van der Waals surface area contributed by atoms with Crippen LogP contribution in [0.25, 0.3) is 21.6 Å². The van der Waals surface area contributed by atoms with Gasteiger partial charge in [-0.2, -0.15) is 0 Å². The topological polar surface area (TPSA) is 70.9 Å². The highest BCUT2D eigenvalue weighted by molar-refractivity contribution is 7.18. The molecule has 2 N–H and O–H groups in total. The molecule has 3 aromatic rings. The monoisotopic (exact) mass is 328 g/mol. The minimum absolute atomic E-state index is 0.0141. The molecule has 0 aliphatic carbocycles. The van der Waals surface area contributed by atoms with Crippen molar-refractivity contribution in [3.8, 4) is 11.4 Å². The molecular weight excluding hydrogens is 308 g/mol. The number of thiophene rings is 1. The van der Waals surface area contributed by atoms with E-state index in [9.17, 15) is 5.11 Å². The van der Waals surface area contributed by atoms with E-state index in [0.717, 1.165) is 34.4 Å². The van der Waals surface area contributed by atoms with Crippen LogP contribution in [0.1, 0.15) is 25.1 Å². The number of aryl methyl sites for hydroxylation is 1. The highest BCUT2D eigenvalue weighted by Gasteiger charge is 2.15.